The lowest BCUT2D eigenvalue weighted by atomic mass is 10.0. The zero-order chi connectivity index (χ0) is 15.8. The van der Waals surface area contributed by atoms with Gasteiger partial charge in [-0.05, 0) is 24.5 Å². The lowest BCUT2D eigenvalue weighted by molar-refractivity contribution is -0.383. The molecule has 1 atom stereocenters. The van der Waals surface area contributed by atoms with Crippen LogP contribution in [-0.2, 0) is 4.74 Å². The molecular formula is C15H22N2O4. The van der Waals surface area contributed by atoms with Gasteiger partial charge in [0.2, 0.25) is 0 Å². The number of hydrogen-bond acceptors (Lipinski definition) is 5. The van der Waals surface area contributed by atoms with Crippen molar-refractivity contribution in [1.29, 1.82) is 0 Å². The Bertz CT molecular complexity index is 502. The number of nitro groups is 1. The Morgan fingerprint density at radius 2 is 2.14 bits per heavy atom. The molecule has 0 spiro atoms. The van der Waals surface area contributed by atoms with Gasteiger partial charge in [-0.3, -0.25) is 10.1 Å². The highest BCUT2D eigenvalue weighted by Crippen LogP contribution is 2.23. The molecule has 0 fully saturated rings. The van der Waals surface area contributed by atoms with Gasteiger partial charge in [0.05, 0.1) is 17.1 Å². The van der Waals surface area contributed by atoms with E-state index in [4.69, 9.17) is 10.5 Å². The molecule has 21 heavy (non-hydrogen) atoms. The van der Waals surface area contributed by atoms with E-state index in [0.717, 1.165) is 31.7 Å². The molecule has 0 aromatic heterocycles. The van der Waals surface area contributed by atoms with Gasteiger partial charge in [0, 0.05) is 6.07 Å². The molecule has 0 saturated heterocycles. The molecule has 0 bridgehead atoms. The molecule has 6 nitrogen and oxygen atoms in total. The van der Waals surface area contributed by atoms with Gasteiger partial charge in [-0.15, -0.1) is 0 Å². The van der Waals surface area contributed by atoms with E-state index < -0.39 is 10.9 Å². The Morgan fingerprint density at radius 3 is 2.71 bits per heavy atom. The van der Waals surface area contributed by atoms with Crippen molar-refractivity contribution in [3.63, 3.8) is 0 Å². The summed E-state index contributed by atoms with van der Waals surface area (Å²) in [7, 11) is 0. The van der Waals surface area contributed by atoms with E-state index in [2.05, 4.69) is 13.8 Å². The third-order valence-electron chi connectivity index (χ3n) is 3.46. The van der Waals surface area contributed by atoms with Crippen molar-refractivity contribution in [2.24, 2.45) is 5.92 Å². The number of carbonyl (C=O) groups is 1. The number of nitrogen functional groups attached to an aromatic ring is 1. The molecule has 116 valence electrons. The van der Waals surface area contributed by atoms with Crippen molar-refractivity contribution in [3.8, 4) is 0 Å². The molecule has 0 saturated carbocycles. The Labute approximate surface area is 124 Å². The summed E-state index contributed by atoms with van der Waals surface area (Å²) in [5, 5.41) is 10.8. The molecule has 0 amide bonds. The third-order valence-corrected chi connectivity index (χ3v) is 3.46. The molecule has 0 radical (unpaired) electrons. The smallest absolute Gasteiger partial charge is 0.338 e. The van der Waals surface area contributed by atoms with Gasteiger partial charge in [-0.2, -0.15) is 0 Å². The summed E-state index contributed by atoms with van der Waals surface area (Å²) in [6.45, 7) is 4.52. The molecule has 1 unspecified atom stereocenters. The zero-order valence-electron chi connectivity index (χ0n) is 12.5. The summed E-state index contributed by atoms with van der Waals surface area (Å²) in [6.07, 6.45) is 4.16. The minimum absolute atomic E-state index is 0.0333. The predicted molar refractivity (Wildman–Crippen MR) is 81.1 cm³/mol. The first-order chi connectivity index (χ1) is 9.99. The number of benzene rings is 1. The number of carbonyl (C=O) groups excluding carboxylic acids is 1. The van der Waals surface area contributed by atoms with Crippen molar-refractivity contribution in [3.05, 3.63) is 33.9 Å². The number of nitrogens with zero attached hydrogens (tertiary/aromatic N) is 1. The number of rotatable bonds is 8. The van der Waals surface area contributed by atoms with Gasteiger partial charge in [-0.25, -0.2) is 4.79 Å². The number of nitro benzene ring substituents is 1. The second kappa shape index (κ2) is 8.24. The van der Waals surface area contributed by atoms with E-state index in [1.165, 1.54) is 12.1 Å². The van der Waals surface area contributed by atoms with E-state index >= 15 is 0 Å². The SMILES string of the molecule is CCCCC(CC)COC(=O)c1ccc(N)c([N+](=O)[O-])c1. The first-order valence-corrected chi connectivity index (χ1v) is 7.20. The fraction of sp³-hybridized carbons (Fsp3) is 0.533. The lowest BCUT2D eigenvalue weighted by Crippen LogP contribution is -2.14. The maximum Gasteiger partial charge on any atom is 0.338 e. The van der Waals surface area contributed by atoms with Crippen molar-refractivity contribution >= 4 is 17.3 Å². The number of unbranched alkanes of at least 4 members (excludes halogenated alkanes) is 1. The van der Waals surface area contributed by atoms with Crippen LogP contribution in [0.4, 0.5) is 11.4 Å². The van der Waals surface area contributed by atoms with Crippen LogP contribution in [0, 0.1) is 16.0 Å². The second-order valence-electron chi connectivity index (χ2n) is 5.05. The minimum Gasteiger partial charge on any atom is -0.462 e. The highest BCUT2D eigenvalue weighted by molar-refractivity contribution is 5.91. The van der Waals surface area contributed by atoms with Crippen LogP contribution < -0.4 is 5.73 Å². The largest absolute Gasteiger partial charge is 0.462 e. The molecule has 0 aliphatic carbocycles. The van der Waals surface area contributed by atoms with Gasteiger partial charge in [0.1, 0.15) is 5.69 Å². The maximum absolute atomic E-state index is 11.9. The van der Waals surface area contributed by atoms with E-state index in [-0.39, 0.29) is 16.9 Å². The molecule has 0 aliphatic rings. The van der Waals surface area contributed by atoms with Gasteiger partial charge in [0.25, 0.3) is 5.69 Å². The van der Waals surface area contributed by atoms with Crippen LogP contribution in [0.5, 0.6) is 0 Å². The fourth-order valence-electron chi connectivity index (χ4n) is 2.00. The van der Waals surface area contributed by atoms with E-state index in [9.17, 15) is 14.9 Å². The summed E-state index contributed by atoms with van der Waals surface area (Å²) in [4.78, 5) is 22.1. The van der Waals surface area contributed by atoms with Crippen molar-refractivity contribution in [2.75, 3.05) is 12.3 Å². The van der Waals surface area contributed by atoms with Crippen LogP contribution in [-0.4, -0.2) is 17.5 Å². The highest BCUT2D eigenvalue weighted by atomic mass is 16.6. The molecule has 0 aliphatic heterocycles. The minimum atomic E-state index is -0.609. The number of anilines is 1. The van der Waals surface area contributed by atoms with E-state index in [0.29, 0.717) is 12.5 Å². The van der Waals surface area contributed by atoms with Crippen LogP contribution in [0.2, 0.25) is 0 Å². The molecule has 1 aromatic rings. The summed E-state index contributed by atoms with van der Waals surface area (Å²) in [6, 6.07) is 3.95. The van der Waals surface area contributed by atoms with Crippen LogP contribution in [0.1, 0.15) is 49.9 Å². The lowest BCUT2D eigenvalue weighted by Gasteiger charge is -2.14. The Morgan fingerprint density at radius 1 is 1.43 bits per heavy atom. The van der Waals surface area contributed by atoms with E-state index in [1.54, 1.807) is 0 Å². The van der Waals surface area contributed by atoms with Crippen LogP contribution in [0.25, 0.3) is 0 Å². The number of ether oxygens (including phenoxy) is 1. The van der Waals surface area contributed by atoms with Gasteiger partial charge >= 0.3 is 5.97 Å². The maximum atomic E-state index is 11.9. The second-order valence-corrected chi connectivity index (χ2v) is 5.05. The third kappa shape index (κ3) is 5.06. The topological polar surface area (TPSA) is 95.5 Å². The summed E-state index contributed by atoms with van der Waals surface area (Å²) in [5.74, 6) is -0.217. The molecule has 1 rings (SSSR count). The number of esters is 1. The Kier molecular flexibility index (Phi) is 6.65. The first kappa shape index (κ1) is 16.9. The standard InChI is InChI=1S/C15H22N2O4/c1-3-5-6-11(4-2)10-21-15(18)12-7-8-13(16)14(9-12)17(19)20/h7-9,11H,3-6,10,16H2,1-2H3. The molecular weight excluding hydrogens is 272 g/mol. The quantitative estimate of drug-likeness (QED) is 0.342. The summed E-state index contributed by atoms with van der Waals surface area (Å²) in [5.41, 5.74) is 5.41. The fourth-order valence-corrected chi connectivity index (χ4v) is 2.00. The zero-order valence-corrected chi connectivity index (χ0v) is 12.5. The average molecular weight is 294 g/mol. The van der Waals surface area contributed by atoms with Gasteiger partial charge in [0.15, 0.2) is 0 Å². The summed E-state index contributed by atoms with van der Waals surface area (Å²) < 4.78 is 5.25. The van der Waals surface area contributed by atoms with E-state index in [1.807, 2.05) is 0 Å². The Balaban J connectivity index is 2.67. The van der Waals surface area contributed by atoms with Crippen LogP contribution in [0.3, 0.4) is 0 Å². The molecule has 1 aromatic carbocycles. The number of nitrogens with two attached hydrogens (primary N) is 1. The van der Waals surface area contributed by atoms with Crippen molar-refractivity contribution in [1.82, 2.24) is 0 Å². The monoisotopic (exact) mass is 294 g/mol. The molecule has 6 heteroatoms. The van der Waals surface area contributed by atoms with Crippen molar-refractivity contribution in [2.45, 2.75) is 39.5 Å². The van der Waals surface area contributed by atoms with Crippen LogP contribution in [0.15, 0.2) is 18.2 Å². The average Bonchev–Trinajstić information content (AvgIpc) is 2.47. The first-order valence-electron chi connectivity index (χ1n) is 7.20. The van der Waals surface area contributed by atoms with Crippen molar-refractivity contribution < 1.29 is 14.5 Å². The highest BCUT2D eigenvalue weighted by Gasteiger charge is 2.17. The predicted octanol–water partition coefficient (Wildman–Crippen LogP) is 3.55. The molecule has 2 N–H and O–H groups in total. The van der Waals surface area contributed by atoms with Crippen LogP contribution >= 0.6 is 0 Å². The molecule has 0 heterocycles. The summed E-state index contributed by atoms with van der Waals surface area (Å²) >= 11 is 0. The van der Waals surface area contributed by atoms with Gasteiger partial charge in [-0.1, -0.05) is 33.1 Å². The normalized spacial score (nSPS) is 11.9. The Hall–Kier alpha value is -2.11. The van der Waals surface area contributed by atoms with Gasteiger partial charge < -0.3 is 10.5 Å². The number of hydrogen-bond donors (Lipinski definition) is 1.